The van der Waals surface area contributed by atoms with E-state index in [1.807, 2.05) is 0 Å². The van der Waals surface area contributed by atoms with Crippen molar-refractivity contribution in [2.75, 3.05) is 0 Å². The number of benzene rings is 5. The molecule has 44 heavy (non-hydrogen) atoms. The van der Waals surface area contributed by atoms with Gasteiger partial charge in [-0.1, -0.05) is 0 Å². The van der Waals surface area contributed by atoms with Crippen LogP contribution in [0.15, 0.2) is 12.1 Å². The molecule has 0 spiro atoms. The molecular formula is C44H54. The van der Waals surface area contributed by atoms with E-state index in [0.29, 0.717) is 0 Å². The van der Waals surface area contributed by atoms with Gasteiger partial charge in [-0.2, -0.15) is 0 Å². The molecule has 0 nitrogen and oxygen atoms in total. The van der Waals surface area contributed by atoms with Crippen LogP contribution in [-0.4, -0.2) is 0 Å². The lowest BCUT2D eigenvalue weighted by atomic mass is 9.74. The van der Waals surface area contributed by atoms with Crippen molar-refractivity contribution in [2.24, 2.45) is 0 Å². The Bertz CT molecular complexity index is 1750. The minimum Gasteiger partial charge on any atom is -0.0459 e. The first-order valence-electron chi connectivity index (χ1n) is 16.6. The molecular weight excluding hydrogens is 528 g/mol. The van der Waals surface area contributed by atoms with E-state index in [-0.39, 0.29) is 0 Å². The Morgan fingerprint density at radius 3 is 0.568 bits per heavy atom. The van der Waals surface area contributed by atoms with Gasteiger partial charge >= 0.3 is 0 Å². The first-order chi connectivity index (χ1) is 20.5. The van der Waals surface area contributed by atoms with Gasteiger partial charge in [0.15, 0.2) is 0 Å². The van der Waals surface area contributed by atoms with Crippen LogP contribution in [0.25, 0.3) is 21.5 Å². The highest BCUT2D eigenvalue weighted by atomic mass is 14.3. The Balaban J connectivity index is 0.000000175. The highest BCUT2D eigenvalue weighted by Crippen LogP contribution is 2.40. The van der Waals surface area contributed by atoms with Crippen LogP contribution < -0.4 is 0 Å². The zero-order chi connectivity index (χ0) is 32.7. The summed E-state index contributed by atoms with van der Waals surface area (Å²) in [6, 6.07) is 4.85. The maximum absolute atomic E-state index is 2.42. The molecule has 0 bridgehead atoms. The van der Waals surface area contributed by atoms with E-state index in [4.69, 9.17) is 0 Å². The fraction of sp³-hybridized carbons (Fsp3) is 0.409. The summed E-state index contributed by atoms with van der Waals surface area (Å²) in [5.41, 5.74) is 29.8. The molecule has 0 aliphatic heterocycles. The number of hydrogen-bond acceptors (Lipinski definition) is 0. The van der Waals surface area contributed by atoms with Gasteiger partial charge < -0.3 is 0 Å². The molecule has 0 saturated heterocycles. The summed E-state index contributed by atoms with van der Waals surface area (Å²) in [4.78, 5) is 0. The van der Waals surface area contributed by atoms with Crippen molar-refractivity contribution >= 4 is 21.5 Å². The van der Waals surface area contributed by atoms with Gasteiger partial charge in [-0.15, -0.1) is 0 Å². The van der Waals surface area contributed by atoms with E-state index in [0.717, 1.165) is 12.8 Å². The second-order valence-corrected chi connectivity index (χ2v) is 14.2. The van der Waals surface area contributed by atoms with Crippen molar-refractivity contribution in [1.29, 1.82) is 0 Å². The molecule has 5 aromatic rings. The molecule has 0 unspecified atom stereocenters. The normalized spacial score (nSPS) is 12.4. The Morgan fingerprint density at radius 2 is 0.386 bits per heavy atom. The van der Waals surface area contributed by atoms with Crippen LogP contribution >= 0.6 is 0 Å². The summed E-state index contributed by atoms with van der Waals surface area (Å²) in [7, 11) is 0. The quantitative estimate of drug-likeness (QED) is 0.156. The Kier molecular flexibility index (Phi) is 8.16. The van der Waals surface area contributed by atoms with Gasteiger partial charge in [0.1, 0.15) is 0 Å². The summed E-state index contributed by atoms with van der Waals surface area (Å²) >= 11 is 0. The second kappa shape index (κ2) is 11.2. The predicted molar refractivity (Wildman–Crippen MR) is 196 cm³/mol. The third-order valence-corrected chi connectivity index (χ3v) is 12.8. The van der Waals surface area contributed by atoms with Crippen LogP contribution in [-0.2, 0) is 12.8 Å². The van der Waals surface area contributed by atoms with Crippen LogP contribution in [0.2, 0.25) is 0 Å². The number of aryl methyl sites for hydroxylation is 4. The molecule has 6 rings (SSSR count). The predicted octanol–water partition coefficient (Wildman–Crippen LogP) is 12.1. The average molecular weight is 583 g/mol. The number of hydrogen-bond donors (Lipinski definition) is 0. The first-order valence-corrected chi connectivity index (χ1v) is 16.6. The van der Waals surface area contributed by atoms with Crippen molar-refractivity contribution < 1.29 is 0 Å². The SMILES string of the molecule is Cc1c(C)c(C)c2c(c1C)Cc1c(C)c(C)c(C)c(C)c1C2.Cc1c(C)c(C)c2cc3c(C)c(C)c(C)c(C)c3cc2c1C. The third-order valence-electron chi connectivity index (χ3n) is 12.8. The minimum atomic E-state index is 1.12. The van der Waals surface area contributed by atoms with Crippen molar-refractivity contribution in [1.82, 2.24) is 0 Å². The standard InChI is InChI=1S/C22H28.C22H26/c2*1-11-12(2)16(6)20-10-22-18(8)14(4)13(3)17(7)21(22)9-19(20)15(11)5/h9-10H2,1-8H3;9-10H,1-8H3. The lowest BCUT2D eigenvalue weighted by molar-refractivity contribution is 0.922. The van der Waals surface area contributed by atoms with Crippen LogP contribution in [0, 0.1) is 111 Å². The summed E-state index contributed by atoms with van der Waals surface area (Å²) in [5, 5.41) is 5.66. The molecule has 0 N–H and O–H groups in total. The number of rotatable bonds is 0. The third kappa shape index (κ3) is 4.63. The van der Waals surface area contributed by atoms with Gasteiger partial charge in [0.05, 0.1) is 0 Å². The van der Waals surface area contributed by atoms with Gasteiger partial charge in [0, 0.05) is 0 Å². The summed E-state index contributed by atoms with van der Waals surface area (Å²) in [5.74, 6) is 0. The van der Waals surface area contributed by atoms with Crippen LogP contribution in [0.3, 0.4) is 0 Å². The smallest absolute Gasteiger partial charge is 0.00144 e. The molecule has 1 aliphatic carbocycles. The largest absolute Gasteiger partial charge is 0.0459 e. The highest BCUT2D eigenvalue weighted by molar-refractivity contribution is 6.04. The molecule has 0 radical (unpaired) electrons. The van der Waals surface area contributed by atoms with E-state index in [2.05, 4.69) is 123 Å². The molecule has 230 valence electrons. The van der Waals surface area contributed by atoms with Crippen LogP contribution in [0.1, 0.15) is 111 Å². The van der Waals surface area contributed by atoms with Crippen LogP contribution in [0.4, 0.5) is 0 Å². The van der Waals surface area contributed by atoms with Gasteiger partial charge in [0.2, 0.25) is 0 Å². The second-order valence-electron chi connectivity index (χ2n) is 14.2. The summed E-state index contributed by atoms with van der Waals surface area (Å²) < 4.78 is 0. The summed E-state index contributed by atoms with van der Waals surface area (Å²) in [6.45, 7) is 36.4. The maximum Gasteiger partial charge on any atom is -0.00144 e. The lowest BCUT2D eigenvalue weighted by Gasteiger charge is -2.30. The average Bonchev–Trinajstić information content (AvgIpc) is 3.03. The van der Waals surface area contributed by atoms with Gasteiger partial charge in [-0.3, -0.25) is 0 Å². The minimum absolute atomic E-state index is 1.12. The Morgan fingerprint density at radius 1 is 0.227 bits per heavy atom. The highest BCUT2D eigenvalue weighted by Gasteiger charge is 2.25. The molecule has 0 heterocycles. The van der Waals surface area contributed by atoms with E-state index in [1.165, 1.54) is 111 Å². The van der Waals surface area contributed by atoms with Crippen molar-refractivity contribution in [3.8, 4) is 0 Å². The molecule has 0 fully saturated rings. The van der Waals surface area contributed by atoms with E-state index in [9.17, 15) is 0 Å². The van der Waals surface area contributed by atoms with E-state index < -0.39 is 0 Å². The van der Waals surface area contributed by atoms with Gasteiger partial charge in [0.25, 0.3) is 0 Å². The zero-order valence-electron chi connectivity index (χ0n) is 30.6. The molecule has 5 aromatic carbocycles. The number of fused-ring (bicyclic) bond motifs is 4. The summed E-state index contributed by atoms with van der Waals surface area (Å²) in [6.07, 6.45) is 2.23. The molecule has 0 atom stereocenters. The fourth-order valence-electron chi connectivity index (χ4n) is 8.02. The monoisotopic (exact) mass is 582 g/mol. The Hall–Kier alpha value is -3.38. The molecule has 1 aliphatic rings. The van der Waals surface area contributed by atoms with Gasteiger partial charge in [-0.05, 0) is 269 Å². The molecule has 0 amide bonds. The molecule has 0 aromatic heterocycles. The zero-order valence-corrected chi connectivity index (χ0v) is 30.6. The van der Waals surface area contributed by atoms with Crippen molar-refractivity contribution in [2.45, 2.75) is 124 Å². The van der Waals surface area contributed by atoms with Crippen LogP contribution in [0.5, 0.6) is 0 Å². The van der Waals surface area contributed by atoms with Crippen molar-refractivity contribution in [3.05, 3.63) is 123 Å². The maximum atomic E-state index is 2.42. The first kappa shape index (κ1) is 32.0. The van der Waals surface area contributed by atoms with E-state index in [1.54, 1.807) is 22.3 Å². The Labute approximate surface area is 267 Å². The van der Waals surface area contributed by atoms with E-state index >= 15 is 0 Å². The fourth-order valence-corrected chi connectivity index (χ4v) is 8.02. The topological polar surface area (TPSA) is 0 Å². The van der Waals surface area contributed by atoms with Gasteiger partial charge in [-0.25, -0.2) is 0 Å². The lowest BCUT2D eigenvalue weighted by Crippen LogP contribution is -2.17. The molecule has 0 heteroatoms. The van der Waals surface area contributed by atoms with Crippen molar-refractivity contribution in [3.63, 3.8) is 0 Å². The molecule has 0 saturated carbocycles.